The fourth-order valence-corrected chi connectivity index (χ4v) is 17.6. The number of fused-ring (bicyclic) bond motifs is 14. The van der Waals surface area contributed by atoms with Gasteiger partial charge in [-0.3, -0.25) is 0 Å². The minimum atomic E-state index is 0.212. The maximum atomic E-state index is 2.62. The van der Waals surface area contributed by atoms with E-state index in [1.54, 1.807) is 139 Å². The zero-order valence-electron chi connectivity index (χ0n) is 44.0. The quantitative estimate of drug-likeness (QED) is 0.142. The molecule has 0 amide bonds. The smallest absolute Gasteiger partial charge is 0.0357 e. The molecule has 70 heavy (non-hydrogen) atoms. The highest BCUT2D eigenvalue weighted by Crippen LogP contribution is 2.62. The highest BCUT2D eigenvalue weighted by Gasteiger charge is 2.48. The van der Waals surface area contributed by atoms with Gasteiger partial charge in [0.25, 0.3) is 0 Å². The summed E-state index contributed by atoms with van der Waals surface area (Å²) in [5.74, 6) is 0.805. The average molecular weight is 907 g/mol. The van der Waals surface area contributed by atoms with Gasteiger partial charge in [0.1, 0.15) is 0 Å². The lowest BCUT2D eigenvalue weighted by Crippen LogP contribution is -2.32. The van der Waals surface area contributed by atoms with Gasteiger partial charge in [-0.05, 0) is 353 Å². The molecule has 0 spiro atoms. The topological polar surface area (TPSA) is 0 Å². The SMILES string of the molecule is Cc1c(C)c2c3c(c1C)Cc1c(C)c4c(c(C)c1C3C1=C(C2)c2ccccc2C1)C1c2c(C)c3c(c(C)c2Cc2c(C)c(C)c(C)c(c21)C4)Cc1c(C)c(C)c(C)c2c1C3C1=C(C2)c2ccccc2C1. The Morgan fingerprint density at radius 2 is 0.514 bits per heavy atom. The minimum Gasteiger partial charge on any atom is -0.0619 e. The van der Waals surface area contributed by atoms with Crippen LogP contribution in [0.2, 0.25) is 0 Å². The maximum Gasteiger partial charge on any atom is 0.0357 e. The summed E-state index contributed by atoms with van der Waals surface area (Å²) >= 11 is 0. The minimum absolute atomic E-state index is 0.212. The molecule has 0 fully saturated rings. The molecule has 0 heteroatoms. The average Bonchev–Trinajstić information content (AvgIpc) is 3.95. The zero-order chi connectivity index (χ0) is 48.0. The van der Waals surface area contributed by atoms with Gasteiger partial charge in [-0.15, -0.1) is 0 Å². The third-order valence-corrected chi connectivity index (χ3v) is 21.8. The van der Waals surface area contributed by atoms with Crippen LogP contribution in [-0.2, 0) is 51.4 Å². The van der Waals surface area contributed by atoms with Crippen molar-refractivity contribution in [2.75, 3.05) is 0 Å². The summed E-state index contributed by atoms with van der Waals surface area (Å²) in [6.45, 7) is 32.3. The molecular weight excluding hydrogens is 841 g/mol. The van der Waals surface area contributed by atoms with Crippen LogP contribution in [0.1, 0.15) is 207 Å². The molecule has 0 aliphatic heterocycles. The normalized spacial score (nSPS) is 19.6. The van der Waals surface area contributed by atoms with E-state index in [0.717, 1.165) is 51.4 Å². The maximum absolute atomic E-state index is 2.62. The highest BCUT2D eigenvalue weighted by molar-refractivity contribution is 5.88. The van der Waals surface area contributed by atoms with Crippen LogP contribution >= 0.6 is 0 Å². The van der Waals surface area contributed by atoms with E-state index in [1.807, 2.05) is 0 Å². The number of hydrogen-bond acceptors (Lipinski definition) is 0. The van der Waals surface area contributed by atoms with Crippen molar-refractivity contribution in [2.45, 2.75) is 159 Å². The first-order valence-electron chi connectivity index (χ1n) is 26.9. The zero-order valence-corrected chi connectivity index (χ0v) is 44.0. The summed E-state index contributed by atoms with van der Waals surface area (Å²) in [7, 11) is 0. The van der Waals surface area contributed by atoms with E-state index in [4.69, 9.17) is 0 Å². The second-order valence-corrected chi connectivity index (χ2v) is 23.8. The fraction of sp³-hybridized carbons (Fsp3) is 0.343. The third kappa shape index (κ3) is 4.77. The predicted octanol–water partition coefficient (Wildman–Crippen LogP) is 15.9. The summed E-state index contributed by atoms with van der Waals surface area (Å²) < 4.78 is 0. The van der Waals surface area contributed by atoms with Crippen molar-refractivity contribution in [3.63, 3.8) is 0 Å². The highest BCUT2D eigenvalue weighted by atomic mass is 14.5. The van der Waals surface area contributed by atoms with E-state index in [9.17, 15) is 0 Å². The standard InChI is InChI=1S/C70H66/c1-30-33(4)47-24-53-39(10)55-26-49-35(6)32(3)36(7)50-27-56-40(11)54-25-48-34(5)31(2)38(9)52-29-58-46-21-17-15-19-44(46)23-60(58)69(66(48)52)62(54)42(13)64(56)70(67(49)50)63(55)41(12)61(53)68-59-22-43-18-14-16-20-45(43)57(59)28-51(37(30)8)65(47)68/h14-21,68-70H,22-29H2,1-13H3. The second-order valence-electron chi connectivity index (χ2n) is 23.8. The van der Waals surface area contributed by atoms with Gasteiger partial charge in [-0.2, -0.15) is 0 Å². The molecule has 0 saturated heterocycles. The van der Waals surface area contributed by atoms with Crippen molar-refractivity contribution in [3.05, 3.63) is 249 Å². The van der Waals surface area contributed by atoms with Crippen molar-refractivity contribution in [1.29, 1.82) is 0 Å². The first-order valence-corrected chi connectivity index (χ1v) is 26.9. The van der Waals surface area contributed by atoms with Gasteiger partial charge >= 0.3 is 0 Å². The largest absolute Gasteiger partial charge is 0.0619 e. The molecule has 0 radical (unpaired) electrons. The number of hydrogen-bond donors (Lipinski definition) is 0. The summed E-state index contributed by atoms with van der Waals surface area (Å²) in [6, 6.07) is 18.8. The molecule has 0 aromatic heterocycles. The van der Waals surface area contributed by atoms with Gasteiger partial charge in [0.15, 0.2) is 0 Å². The number of rotatable bonds is 0. The van der Waals surface area contributed by atoms with Crippen molar-refractivity contribution >= 4 is 11.1 Å². The van der Waals surface area contributed by atoms with Crippen LogP contribution in [0.4, 0.5) is 0 Å². The van der Waals surface area contributed by atoms with E-state index in [1.165, 1.54) is 72.3 Å². The Labute approximate surface area is 417 Å². The molecular formula is C70H66. The lowest BCUT2D eigenvalue weighted by Gasteiger charge is -2.46. The Hall–Kier alpha value is -5.98. The second kappa shape index (κ2) is 13.7. The number of allylic oxidation sites excluding steroid dienone is 4. The van der Waals surface area contributed by atoms with Gasteiger partial charge in [-0.1, -0.05) is 48.5 Å². The van der Waals surface area contributed by atoms with Crippen LogP contribution in [0.5, 0.6) is 0 Å². The molecule has 7 aromatic rings. The first-order chi connectivity index (χ1) is 33.7. The van der Waals surface area contributed by atoms with Crippen LogP contribution < -0.4 is 0 Å². The van der Waals surface area contributed by atoms with Gasteiger partial charge in [-0.25, -0.2) is 0 Å². The van der Waals surface area contributed by atoms with Gasteiger partial charge < -0.3 is 0 Å². The molecule has 0 heterocycles. The van der Waals surface area contributed by atoms with Crippen LogP contribution in [-0.4, -0.2) is 0 Å². The van der Waals surface area contributed by atoms with Crippen LogP contribution in [0, 0.1) is 90.0 Å². The van der Waals surface area contributed by atoms with E-state index >= 15 is 0 Å². The van der Waals surface area contributed by atoms with E-state index in [-0.39, 0.29) is 5.92 Å². The predicted molar refractivity (Wildman–Crippen MR) is 291 cm³/mol. The molecule has 0 N–H and O–H groups in total. The molecule has 8 aliphatic carbocycles. The summed E-state index contributed by atoms with van der Waals surface area (Å²) in [6.07, 6.45) is 8.46. The lowest BCUT2D eigenvalue weighted by molar-refractivity contribution is 0.740. The Morgan fingerprint density at radius 3 is 0.857 bits per heavy atom. The third-order valence-electron chi connectivity index (χ3n) is 21.8. The Balaban J connectivity index is 1.04. The van der Waals surface area contributed by atoms with Crippen molar-refractivity contribution in [2.24, 2.45) is 0 Å². The molecule has 0 nitrogen and oxygen atoms in total. The van der Waals surface area contributed by atoms with Crippen LogP contribution in [0.15, 0.2) is 59.7 Å². The molecule has 2 atom stereocenters. The van der Waals surface area contributed by atoms with Crippen LogP contribution in [0.3, 0.4) is 0 Å². The molecule has 0 bridgehead atoms. The van der Waals surface area contributed by atoms with Gasteiger partial charge in [0, 0.05) is 17.8 Å². The van der Waals surface area contributed by atoms with E-state index in [2.05, 4.69) is 139 Å². The Morgan fingerprint density at radius 1 is 0.243 bits per heavy atom. The molecule has 8 aliphatic rings. The molecule has 346 valence electrons. The monoisotopic (exact) mass is 907 g/mol. The summed E-state index contributed by atoms with van der Waals surface area (Å²) in [4.78, 5) is 0. The molecule has 15 rings (SSSR count). The first kappa shape index (κ1) is 41.8. The fourth-order valence-electron chi connectivity index (χ4n) is 17.6. The number of benzene rings is 7. The van der Waals surface area contributed by atoms with Gasteiger partial charge in [0.05, 0.1) is 0 Å². The Bertz CT molecular complexity index is 3600. The van der Waals surface area contributed by atoms with Gasteiger partial charge in [0.2, 0.25) is 0 Å². The van der Waals surface area contributed by atoms with E-state index in [0.29, 0.717) is 11.8 Å². The van der Waals surface area contributed by atoms with Crippen molar-refractivity contribution in [1.82, 2.24) is 0 Å². The summed E-state index contributed by atoms with van der Waals surface area (Å²) in [5, 5.41) is 0. The lowest BCUT2D eigenvalue weighted by atomic mass is 9.57. The Kier molecular flexibility index (Phi) is 8.17. The summed E-state index contributed by atoms with van der Waals surface area (Å²) in [5.41, 5.74) is 60.9. The van der Waals surface area contributed by atoms with Crippen LogP contribution in [0.25, 0.3) is 11.1 Å². The van der Waals surface area contributed by atoms with Crippen molar-refractivity contribution in [3.8, 4) is 0 Å². The van der Waals surface area contributed by atoms with Crippen molar-refractivity contribution < 1.29 is 0 Å². The molecule has 7 aromatic carbocycles. The van der Waals surface area contributed by atoms with E-state index < -0.39 is 0 Å². The molecule has 0 saturated carbocycles. The molecule has 2 unspecified atom stereocenters.